The van der Waals surface area contributed by atoms with Crippen LogP contribution in [0.25, 0.3) is 0 Å². The normalized spacial score (nSPS) is 10.0. The lowest BCUT2D eigenvalue weighted by atomic mass is 10.2. The van der Waals surface area contributed by atoms with Crippen LogP contribution in [0.15, 0.2) is 18.2 Å². The van der Waals surface area contributed by atoms with Gasteiger partial charge < -0.3 is 4.74 Å². The molecular weight excluding hydrogens is 267 g/mol. The highest BCUT2D eigenvalue weighted by Gasteiger charge is 1.99. The molecule has 0 N–H and O–H groups in total. The van der Waals surface area contributed by atoms with E-state index < -0.39 is 0 Å². The van der Waals surface area contributed by atoms with Crippen LogP contribution in [0.4, 0.5) is 0 Å². The van der Waals surface area contributed by atoms with E-state index in [4.69, 9.17) is 4.74 Å². The molecule has 0 amide bonds. The zero-order valence-electron chi connectivity index (χ0n) is 6.73. The SMILES string of the molecule is COc1cc(I)ccc1C[SiH3]. The third-order valence-corrected chi connectivity index (χ3v) is 3.06. The van der Waals surface area contributed by atoms with Crippen molar-refractivity contribution in [2.45, 2.75) is 6.04 Å². The highest BCUT2D eigenvalue weighted by atomic mass is 127. The maximum atomic E-state index is 5.23. The summed E-state index contributed by atoms with van der Waals surface area (Å²) in [6.07, 6.45) is 0. The quantitative estimate of drug-likeness (QED) is 0.583. The van der Waals surface area contributed by atoms with Gasteiger partial charge in [0.05, 0.1) is 7.11 Å². The fourth-order valence-electron chi connectivity index (χ4n) is 1.01. The van der Waals surface area contributed by atoms with Gasteiger partial charge in [0.1, 0.15) is 5.75 Å². The van der Waals surface area contributed by atoms with Crippen LogP contribution in [0.2, 0.25) is 0 Å². The molecule has 1 rings (SSSR count). The van der Waals surface area contributed by atoms with Crippen LogP contribution in [0.5, 0.6) is 5.75 Å². The average Bonchev–Trinajstić information content (AvgIpc) is 2.04. The van der Waals surface area contributed by atoms with E-state index in [1.54, 1.807) is 7.11 Å². The Hall–Kier alpha value is -0.0331. The number of ether oxygens (including phenoxy) is 1. The summed E-state index contributed by atoms with van der Waals surface area (Å²) in [5.74, 6) is 1.03. The summed E-state index contributed by atoms with van der Waals surface area (Å²) in [5.41, 5.74) is 1.33. The summed E-state index contributed by atoms with van der Waals surface area (Å²) in [4.78, 5) is 0. The third-order valence-electron chi connectivity index (χ3n) is 1.63. The molecule has 0 unspecified atom stereocenters. The number of hydrogen-bond acceptors (Lipinski definition) is 1. The number of hydrogen-bond donors (Lipinski definition) is 0. The van der Waals surface area contributed by atoms with E-state index in [1.165, 1.54) is 25.4 Å². The molecule has 11 heavy (non-hydrogen) atoms. The fraction of sp³-hybridized carbons (Fsp3) is 0.250. The molecule has 0 spiro atoms. The highest BCUT2D eigenvalue weighted by Crippen LogP contribution is 2.20. The van der Waals surface area contributed by atoms with E-state index >= 15 is 0 Å². The summed E-state index contributed by atoms with van der Waals surface area (Å²) < 4.78 is 6.47. The van der Waals surface area contributed by atoms with Crippen molar-refractivity contribution in [3.8, 4) is 5.75 Å². The van der Waals surface area contributed by atoms with Gasteiger partial charge >= 0.3 is 0 Å². The monoisotopic (exact) mass is 278 g/mol. The van der Waals surface area contributed by atoms with Crippen molar-refractivity contribution in [2.75, 3.05) is 7.11 Å². The van der Waals surface area contributed by atoms with Gasteiger partial charge in [-0.25, -0.2) is 0 Å². The Bertz CT molecular complexity index is 250. The molecule has 0 aliphatic heterocycles. The maximum absolute atomic E-state index is 5.23. The molecule has 0 bridgehead atoms. The first kappa shape index (κ1) is 9.06. The van der Waals surface area contributed by atoms with Gasteiger partial charge in [-0.15, -0.1) is 0 Å². The molecule has 60 valence electrons. The average molecular weight is 278 g/mol. The molecule has 0 aromatic heterocycles. The number of methoxy groups -OCH3 is 1. The second kappa shape index (κ2) is 4.11. The number of rotatable bonds is 2. The van der Waals surface area contributed by atoms with Crippen LogP contribution in [0.1, 0.15) is 5.56 Å². The van der Waals surface area contributed by atoms with Gasteiger partial charge in [0.25, 0.3) is 0 Å². The Morgan fingerprint density at radius 1 is 1.55 bits per heavy atom. The predicted molar refractivity (Wildman–Crippen MR) is 59.4 cm³/mol. The van der Waals surface area contributed by atoms with Crippen LogP contribution in [-0.4, -0.2) is 17.4 Å². The molecule has 0 heterocycles. The van der Waals surface area contributed by atoms with Crippen molar-refractivity contribution in [1.82, 2.24) is 0 Å². The standard InChI is InChI=1S/C8H11IOSi/c1-10-8-4-7(9)3-2-6(8)5-11/h2-4H,5H2,1,11H3. The number of halogens is 1. The fourth-order valence-corrected chi connectivity index (χ4v) is 2.06. The summed E-state index contributed by atoms with van der Waals surface area (Å²) in [6, 6.07) is 7.51. The van der Waals surface area contributed by atoms with E-state index in [0.717, 1.165) is 5.75 Å². The van der Waals surface area contributed by atoms with Crippen molar-refractivity contribution in [1.29, 1.82) is 0 Å². The minimum atomic E-state index is 1.03. The minimum absolute atomic E-state index is 1.03. The zero-order chi connectivity index (χ0) is 8.27. The Labute approximate surface area is 83.7 Å². The van der Waals surface area contributed by atoms with Crippen LogP contribution in [-0.2, 0) is 6.04 Å². The van der Waals surface area contributed by atoms with Crippen LogP contribution < -0.4 is 4.74 Å². The molecule has 0 aliphatic carbocycles. The Morgan fingerprint density at radius 3 is 2.82 bits per heavy atom. The van der Waals surface area contributed by atoms with Crippen molar-refractivity contribution < 1.29 is 4.74 Å². The summed E-state index contributed by atoms with van der Waals surface area (Å²) in [7, 11) is 2.92. The van der Waals surface area contributed by atoms with Gasteiger partial charge in [0, 0.05) is 13.8 Å². The first-order chi connectivity index (χ1) is 5.27. The van der Waals surface area contributed by atoms with E-state index in [9.17, 15) is 0 Å². The first-order valence-electron chi connectivity index (χ1n) is 3.60. The molecule has 0 saturated heterocycles. The van der Waals surface area contributed by atoms with Crippen molar-refractivity contribution in [3.63, 3.8) is 0 Å². The summed E-state index contributed by atoms with van der Waals surface area (Å²) in [6.45, 7) is 0. The van der Waals surface area contributed by atoms with Gasteiger partial charge in [-0.2, -0.15) is 0 Å². The lowest BCUT2D eigenvalue weighted by molar-refractivity contribution is 0.411. The summed E-state index contributed by atoms with van der Waals surface area (Å²) in [5, 5.41) is 0. The molecule has 0 saturated carbocycles. The van der Waals surface area contributed by atoms with E-state index in [-0.39, 0.29) is 0 Å². The van der Waals surface area contributed by atoms with E-state index in [0.29, 0.717) is 0 Å². The van der Waals surface area contributed by atoms with Gasteiger partial charge in [-0.05, 0) is 46.3 Å². The molecule has 0 radical (unpaired) electrons. The number of benzene rings is 1. The van der Waals surface area contributed by atoms with E-state index in [2.05, 4.69) is 40.8 Å². The zero-order valence-corrected chi connectivity index (χ0v) is 10.9. The Balaban J connectivity index is 3.06. The molecule has 1 aromatic carbocycles. The molecular formula is C8H11IOSi. The molecule has 1 nitrogen and oxygen atoms in total. The first-order valence-corrected chi connectivity index (χ1v) is 6.09. The molecule has 0 atom stereocenters. The molecule has 3 heteroatoms. The Morgan fingerprint density at radius 2 is 2.27 bits per heavy atom. The van der Waals surface area contributed by atoms with Gasteiger partial charge in [-0.3, -0.25) is 0 Å². The van der Waals surface area contributed by atoms with Gasteiger partial charge in [0.2, 0.25) is 0 Å². The Kier molecular flexibility index (Phi) is 3.38. The molecule has 1 aromatic rings. The predicted octanol–water partition coefficient (Wildman–Crippen LogP) is 1.17. The minimum Gasteiger partial charge on any atom is -0.496 e. The highest BCUT2D eigenvalue weighted by molar-refractivity contribution is 14.1. The lowest BCUT2D eigenvalue weighted by Crippen LogP contribution is -1.92. The largest absolute Gasteiger partial charge is 0.496 e. The van der Waals surface area contributed by atoms with Crippen molar-refractivity contribution >= 4 is 32.8 Å². The van der Waals surface area contributed by atoms with Crippen molar-refractivity contribution in [3.05, 3.63) is 27.3 Å². The van der Waals surface area contributed by atoms with Gasteiger partial charge in [-0.1, -0.05) is 6.07 Å². The third kappa shape index (κ3) is 2.20. The summed E-state index contributed by atoms with van der Waals surface area (Å²) >= 11 is 2.29. The van der Waals surface area contributed by atoms with Crippen LogP contribution in [0.3, 0.4) is 0 Å². The topological polar surface area (TPSA) is 9.23 Å². The lowest BCUT2D eigenvalue weighted by Gasteiger charge is -2.05. The second-order valence-corrected chi connectivity index (χ2v) is 4.26. The van der Waals surface area contributed by atoms with Crippen LogP contribution >= 0.6 is 22.6 Å². The molecule has 0 fully saturated rings. The smallest absolute Gasteiger partial charge is 0.122 e. The second-order valence-electron chi connectivity index (χ2n) is 2.31. The van der Waals surface area contributed by atoms with E-state index in [1.807, 2.05) is 0 Å². The maximum Gasteiger partial charge on any atom is 0.122 e. The van der Waals surface area contributed by atoms with Gasteiger partial charge in [0.15, 0.2) is 0 Å². The molecule has 0 aliphatic rings. The van der Waals surface area contributed by atoms with Crippen LogP contribution in [0, 0.1) is 3.57 Å². The van der Waals surface area contributed by atoms with Crippen molar-refractivity contribution in [2.24, 2.45) is 0 Å².